The van der Waals surface area contributed by atoms with Gasteiger partial charge in [0.25, 0.3) is 5.91 Å². The number of hydrazine groups is 1. The number of anilines is 1. The van der Waals surface area contributed by atoms with Crippen molar-refractivity contribution in [2.75, 3.05) is 12.0 Å². The molecule has 1 aliphatic rings. The molecule has 104 valence electrons. The Morgan fingerprint density at radius 1 is 1.40 bits per heavy atom. The number of hydrogen-bond acceptors (Lipinski definition) is 4. The van der Waals surface area contributed by atoms with Crippen LogP contribution in [0.4, 0.5) is 5.69 Å². The highest BCUT2D eigenvalue weighted by Crippen LogP contribution is 2.18. The standard InChI is InChI=1S/C14H17N5O/c1-10-8-11(2-3-12(10)17-15)14(20)19-7-6-18-5-4-16-13(18)9-19/h2-5,8,17H,6-7,9,15H2,1H3. The van der Waals surface area contributed by atoms with E-state index in [4.69, 9.17) is 5.84 Å². The van der Waals surface area contributed by atoms with Crippen molar-refractivity contribution in [3.63, 3.8) is 0 Å². The summed E-state index contributed by atoms with van der Waals surface area (Å²) in [4.78, 5) is 18.6. The van der Waals surface area contributed by atoms with Gasteiger partial charge < -0.3 is 14.9 Å². The van der Waals surface area contributed by atoms with Gasteiger partial charge in [-0.25, -0.2) is 4.98 Å². The zero-order chi connectivity index (χ0) is 14.1. The molecule has 0 atom stereocenters. The molecular weight excluding hydrogens is 254 g/mol. The average Bonchev–Trinajstić information content (AvgIpc) is 2.93. The maximum atomic E-state index is 12.5. The van der Waals surface area contributed by atoms with Crippen LogP contribution in [0.3, 0.4) is 0 Å². The first-order valence-corrected chi connectivity index (χ1v) is 6.55. The molecule has 0 fully saturated rings. The molecule has 0 aliphatic carbocycles. The highest BCUT2D eigenvalue weighted by Gasteiger charge is 2.22. The summed E-state index contributed by atoms with van der Waals surface area (Å²) in [6.07, 6.45) is 3.72. The number of carbonyl (C=O) groups excluding carboxylic acids is 1. The molecule has 0 saturated carbocycles. The molecular formula is C14H17N5O. The van der Waals surface area contributed by atoms with Crippen LogP contribution >= 0.6 is 0 Å². The summed E-state index contributed by atoms with van der Waals surface area (Å²) in [5.74, 6) is 6.37. The Hall–Kier alpha value is -2.34. The fourth-order valence-corrected chi connectivity index (χ4v) is 2.49. The Bertz CT molecular complexity index is 649. The van der Waals surface area contributed by atoms with E-state index >= 15 is 0 Å². The fourth-order valence-electron chi connectivity index (χ4n) is 2.49. The SMILES string of the molecule is Cc1cc(C(=O)N2CCn3ccnc3C2)ccc1NN. The lowest BCUT2D eigenvalue weighted by molar-refractivity contribution is 0.0707. The summed E-state index contributed by atoms with van der Waals surface area (Å²) in [5, 5.41) is 0. The van der Waals surface area contributed by atoms with Crippen molar-refractivity contribution in [2.24, 2.45) is 5.84 Å². The molecule has 1 aromatic carbocycles. The third-order valence-electron chi connectivity index (χ3n) is 3.66. The van der Waals surface area contributed by atoms with Gasteiger partial charge in [-0.05, 0) is 30.7 Å². The maximum Gasteiger partial charge on any atom is 0.254 e. The van der Waals surface area contributed by atoms with Crippen molar-refractivity contribution in [3.05, 3.63) is 47.5 Å². The third-order valence-corrected chi connectivity index (χ3v) is 3.66. The Morgan fingerprint density at radius 2 is 2.25 bits per heavy atom. The lowest BCUT2D eigenvalue weighted by Crippen LogP contribution is -2.38. The number of nitrogen functional groups attached to an aromatic ring is 1. The van der Waals surface area contributed by atoms with E-state index in [9.17, 15) is 4.79 Å². The van der Waals surface area contributed by atoms with Gasteiger partial charge in [0.05, 0.1) is 12.2 Å². The Kier molecular flexibility index (Phi) is 3.15. The smallest absolute Gasteiger partial charge is 0.254 e. The fraction of sp³-hybridized carbons (Fsp3) is 0.286. The molecule has 1 aliphatic heterocycles. The molecule has 0 spiro atoms. The van der Waals surface area contributed by atoms with Gasteiger partial charge >= 0.3 is 0 Å². The number of aryl methyl sites for hydroxylation is 1. The first-order chi connectivity index (χ1) is 9.69. The molecule has 2 aromatic rings. The van der Waals surface area contributed by atoms with E-state index in [0.717, 1.165) is 23.6 Å². The van der Waals surface area contributed by atoms with Gasteiger partial charge in [-0.15, -0.1) is 0 Å². The summed E-state index contributed by atoms with van der Waals surface area (Å²) in [7, 11) is 0. The lowest BCUT2D eigenvalue weighted by atomic mass is 10.1. The minimum atomic E-state index is 0.0333. The predicted octanol–water partition coefficient (Wildman–Crippen LogP) is 1.13. The van der Waals surface area contributed by atoms with Crippen molar-refractivity contribution in [2.45, 2.75) is 20.0 Å². The molecule has 0 unspecified atom stereocenters. The monoisotopic (exact) mass is 271 g/mol. The van der Waals surface area contributed by atoms with Gasteiger partial charge in [0.2, 0.25) is 0 Å². The normalized spacial score (nSPS) is 14.0. The number of amides is 1. The van der Waals surface area contributed by atoms with E-state index in [0.29, 0.717) is 18.7 Å². The topological polar surface area (TPSA) is 76.2 Å². The molecule has 1 amide bonds. The van der Waals surface area contributed by atoms with Crippen LogP contribution < -0.4 is 11.3 Å². The first-order valence-electron chi connectivity index (χ1n) is 6.55. The van der Waals surface area contributed by atoms with E-state index in [1.54, 1.807) is 12.3 Å². The number of nitrogens with two attached hydrogens (primary N) is 1. The Labute approximate surface area is 117 Å². The van der Waals surface area contributed by atoms with Crippen LogP contribution in [0.15, 0.2) is 30.6 Å². The molecule has 0 saturated heterocycles. The zero-order valence-corrected chi connectivity index (χ0v) is 11.3. The van der Waals surface area contributed by atoms with Crippen LogP contribution in [0.5, 0.6) is 0 Å². The number of rotatable bonds is 2. The second-order valence-corrected chi connectivity index (χ2v) is 4.94. The number of aromatic nitrogens is 2. The molecule has 1 aromatic heterocycles. The average molecular weight is 271 g/mol. The molecule has 3 N–H and O–H groups in total. The van der Waals surface area contributed by atoms with E-state index in [2.05, 4.69) is 15.0 Å². The van der Waals surface area contributed by atoms with Crippen LogP contribution in [-0.2, 0) is 13.1 Å². The number of fused-ring (bicyclic) bond motifs is 1. The van der Waals surface area contributed by atoms with Gasteiger partial charge in [-0.2, -0.15) is 0 Å². The van der Waals surface area contributed by atoms with Crippen LogP contribution in [-0.4, -0.2) is 26.9 Å². The number of carbonyl (C=O) groups is 1. The number of nitrogens with one attached hydrogen (secondary N) is 1. The van der Waals surface area contributed by atoms with Crippen molar-refractivity contribution in [1.82, 2.24) is 14.5 Å². The third kappa shape index (κ3) is 2.14. The zero-order valence-electron chi connectivity index (χ0n) is 11.3. The maximum absolute atomic E-state index is 12.5. The van der Waals surface area contributed by atoms with E-state index < -0.39 is 0 Å². The van der Waals surface area contributed by atoms with Crippen molar-refractivity contribution >= 4 is 11.6 Å². The molecule has 6 nitrogen and oxygen atoms in total. The van der Waals surface area contributed by atoms with Gasteiger partial charge in [0.15, 0.2) is 0 Å². The van der Waals surface area contributed by atoms with Crippen LogP contribution in [0, 0.1) is 6.92 Å². The number of benzene rings is 1. The van der Waals surface area contributed by atoms with Gasteiger partial charge in [0.1, 0.15) is 5.82 Å². The molecule has 20 heavy (non-hydrogen) atoms. The predicted molar refractivity (Wildman–Crippen MR) is 76.0 cm³/mol. The molecule has 2 heterocycles. The van der Waals surface area contributed by atoms with Crippen LogP contribution in [0.2, 0.25) is 0 Å². The minimum absolute atomic E-state index is 0.0333. The number of imidazole rings is 1. The summed E-state index contributed by atoms with van der Waals surface area (Å²) in [5.41, 5.74) is 5.08. The van der Waals surface area contributed by atoms with Crippen molar-refractivity contribution < 1.29 is 4.79 Å². The summed E-state index contributed by atoms with van der Waals surface area (Å²) < 4.78 is 2.08. The van der Waals surface area contributed by atoms with E-state index in [1.165, 1.54) is 0 Å². The molecule has 0 bridgehead atoms. The summed E-state index contributed by atoms with van der Waals surface area (Å²) in [6, 6.07) is 5.48. The second kappa shape index (κ2) is 4.97. The molecule has 3 rings (SSSR count). The Morgan fingerprint density at radius 3 is 3.00 bits per heavy atom. The summed E-state index contributed by atoms with van der Waals surface area (Å²) >= 11 is 0. The Balaban J connectivity index is 1.81. The highest BCUT2D eigenvalue weighted by atomic mass is 16.2. The first kappa shape index (κ1) is 12.7. The second-order valence-electron chi connectivity index (χ2n) is 4.94. The summed E-state index contributed by atoms with van der Waals surface area (Å²) in [6.45, 7) is 3.98. The van der Waals surface area contributed by atoms with Crippen LogP contribution in [0.1, 0.15) is 21.7 Å². The largest absolute Gasteiger partial charge is 0.332 e. The quantitative estimate of drug-likeness (QED) is 0.634. The minimum Gasteiger partial charge on any atom is -0.332 e. The van der Waals surface area contributed by atoms with Gasteiger partial charge in [-0.3, -0.25) is 10.6 Å². The van der Waals surface area contributed by atoms with Crippen molar-refractivity contribution in [3.8, 4) is 0 Å². The number of hydrogen-bond donors (Lipinski definition) is 2. The lowest BCUT2D eigenvalue weighted by Gasteiger charge is -2.28. The number of nitrogens with zero attached hydrogens (tertiary/aromatic N) is 3. The highest BCUT2D eigenvalue weighted by molar-refractivity contribution is 5.95. The molecule has 6 heteroatoms. The van der Waals surface area contributed by atoms with Gasteiger partial charge in [-0.1, -0.05) is 0 Å². The van der Waals surface area contributed by atoms with E-state index in [-0.39, 0.29) is 5.91 Å². The van der Waals surface area contributed by atoms with E-state index in [1.807, 2.05) is 30.2 Å². The van der Waals surface area contributed by atoms with Crippen LogP contribution in [0.25, 0.3) is 0 Å². The van der Waals surface area contributed by atoms with Crippen molar-refractivity contribution in [1.29, 1.82) is 0 Å². The molecule has 0 radical (unpaired) electrons. The van der Waals surface area contributed by atoms with Gasteiger partial charge in [0, 0.05) is 31.0 Å².